The number of hydrogen-bond acceptors (Lipinski definition) is 4. The van der Waals surface area contributed by atoms with Gasteiger partial charge in [0, 0.05) is 26.2 Å². The summed E-state index contributed by atoms with van der Waals surface area (Å²) in [5, 5.41) is 8.89. The Morgan fingerprint density at radius 3 is 2.18 bits per heavy atom. The standard InChI is InChI=1S/C22H30FN3O2/c1-22(2,3)28-21(27)26-12-8-18(9-13-26)17-6-10-25(11-7-17)20-5-4-16(15-24)14-19(20)23/h4-5,14,17-18H,6-13H2,1-3H3. The van der Waals surface area contributed by atoms with Gasteiger partial charge in [-0.25, -0.2) is 9.18 Å². The highest BCUT2D eigenvalue weighted by molar-refractivity contribution is 5.68. The molecule has 0 radical (unpaired) electrons. The number of carbonyl (C=O) groups excluding carboxylic acids is 1. The van der Waals surface area contributed by atoms with Crippen LogP contribution in [0.15, 0.2) is 18.2 Å². The summed E-state index contributed by atoms with van der Waals surface area (Å²) in [5.74, 6) is 0.924. The van der Waals surface area contributed by atoms with Gasteiger partial charge in [-0.1, -0.05) is 0 Å². The Hall–Kier alpha value is -2.29. The van der Waals surface area contributed by atoms with E-state index in [1.165, 1.54) is 6.07 Å². The molecule has 0 bridgehead atoms. The molecule has 28 heavy (non-hydrogen) atoms. The number of piperidine rings is 2. The molecule has 1 aromatic carbocycles. The summed E-state index contributed by atoms with van der Waals surface area (Å²) in [7, 11) is 0. The van der Waals surface area contributed by atoms with Gasteiger partial charge in [0.15, 0.2) is 0 Å². The van der Waals surface area contributed by atoms with Gasteiger partial charge in [-0.2, -0.15) is 5.26 Å². The third-order valence-corrected chi connectivity index (χ3v) is 5.82. The summed E-state index contributed by atoms with van der Waals surface area (Å²) < 4.78 is 19.7. The number of ether oxygens (including phenoxy) is 1. The van der Waals surface area contributed by atoms with Gasteiger partial charge in [0.2, 0.25) is 0 Å². The van der Waals surface area contributed by atoms with Gasteiger partial charge < -0.3 is 14.5 Å². The molecular formula is C22H30FN3O2. The molecule has 0 aliphatic carbocycles. The molecule has 2 saturated heterocycles. The van der Waals surface area contributed by atoms with Crippen molar-refractivity contribution < 1.29 is 13.9 Å². The Morgan fingerprint density at radius 1 is 1.11 bits per heavy atom. The summed E-state index contributed by atoms with van der Waals surface area (Å²) in [6.45, 7) is 8.85. The lowest BCUT2D eigenvalue weighted by molar-refractivity contribution is 0.0152. The van der Waals surface area contributed by atoms with Crippen molar-refractivity contribution in [1.29, 1.82) is 5.26 Å². The maximum absolute atomic E-state index is 14.3. The van der Waals surface area contributed by atoms with Gasteiger partial charge in [-0.15, -0.1) is 0 Å². The average molecular weight is 387 g/mol. The maximum Gasteiger partial charge on any atom is 0.410 e. The topological polar surface area (TPSA) is 56.6 Å². The lowest BCUT2D eigenvalue weighted by Crippen LogP contribution is -2.44. The second kappa shape index (κ2) is 8.38. The van der Waals surface area contributed by atoms with Crippen molar-refractivity contribution in [2.24, 2.45) is 11.8 Å². The third kappa shape index (κ3) is 4.95. The van der Waals surface area contributed by atoms with Crippen LogP contribution in [0.5, 0.6) is 0 Å². The quantitative estimate of drug-likeness (QED) is 0.746. The van der Waals surface area contributed by atoms with Crippen LogP contribution in [-0.2, 0) is 4.74 Å². The number of anilines is 1. The molecule has 1 amide bonds. The van der Waals surface area contributed by atoms with Gasteiger partial charge in [-0.05, 0) is 76.5 Å². The Labute approximate surface area is 167 Å². The Morgan fingerprint density at radius 2 is 1.68 bits per heavy atom. The van der Waals surface area contributed by atoms with E-state index in [1.54, 1.807) is 12.1 Å². The minimum absolute atomic E-state index is 0.211. The highest BCUT2D eigenvalue weighted by Gasteiger charge is 2.32. The molecule has 0 unspecified atom stereocenters. The van der Waals surface area contributed by atoms with Crippen LogP contribution >= 0.6 is 0 Å². The molecule has 3 rings (SSSR count). The highest BCUT2D eigenvalue weighted by Crippen LogP contribution is 2.34. The van der Waals surface area contributed by atoms with Crippen molar-refractivity contribution in [3.63, 3.8) is 0 Å². The first-order valence-corrected chi connectivity index (χ1v) is 10.2. The molecule has 2 aliphatic heterocycles. The van der Waals surface area contributed by atoms with E-state index in [4.69, 9.17) is 10.00 Å². The van der Waals surface area contributed by atoms with Crippen LogP contribution in [0.2, 0.25) is 0 Å². The van der Waals surface area contributed by atoms with Crippen molar-refractivity contribution in [2.75, 3.05) is 31.1 Å². The number of nitrogens with zero attached hydrogens (tertiary/aromatic N) is 3. The first-order chi connectivity index (χ1) is 13.3. The van der Waals surface area contributed by atoms with Crippen molar-refractivity contribution in [1.82, 2.24) is 4.90 Å². The normalized spacial score (nSPS) is 19.4. The van der Waals surface area contributed by atoms with Crippen LogP contribution in [0.3, 0.4) is 0 Å². The van der Waals surface area contributed by atoms with Gasteiger partial charge in [0.1, 0.15) is 11.4 Å². The Kier molecular flexibility index (Phi) is 6.12. The van der Waals surface area contributed by atoms with Crippen LogP contribution in [0, 0.1) is 29.0 Å². The van der Waals surface area contributed by atoms with E-state index in [0.29, 0.717) is 23.1 Å². The van der Waals surface area contributed by atoms with Gasteiger partial charge in [0.25, 0.3) is 0 Å². The van der Waals surface area contributed by atoms with Crippen molar-refractivity contribution in [2.45, 2.75) is 52.1 Å². The lowest BCUT2D eigenvalue weighted by Gasteiger charge is -2.41. The number of hydrogen-bond donors (Lipinski definition) is 0. The minimum atomic E-state index is -0.457. The molecule has 5 nitrogen and oxygen atoms in total. The number of benzene rings is 1. The van der Waals surface area contributed by atoms with Crippen LogP contribution in [0.1, 0.15) is 52.0 Å². The van der Waals surface area contributed by atoms with Crippen LogP contribution < -0.4 is 4.90 Å². The second-order valence-electron chi connectivity index (χ2n) is 8.91. The predicted molar refractivity (Wildman–Crippen MR) is 107 cm³/mol. The Bertz CT molecular complexity index is 737. The van der Waals surface area contributed by atoms with Crippen molar-refractivity contribution >= 4 is 11.8 Å². The van der Waals surface area contributed by atoms with E-state index < -0.39 is 5.60 Å². The van der Waals surface area contributed by atoms with E-state index in [-0.39, 0.29) is 11.9 Å². The summed E-state index contributed by atoms with van der Waals surface area (Å²) >= 11 is 0. The molecular weight excluding hydrogens is 357 g/mol. The molecule has 2 heterocycles. The molecule has 1 aromatic rings. The largest absolute Gasteiger partial charge is 0.444 e. The van der Waals surface area contributed by atoms with E-state index >= 15 is 0 Å². The van der Waals surface area contributed by atoms with Gasteiger partial charge in [-0.3, -0.25) is 0 Å². The number of amides is 1. The molecule has 0 atom stereocenters. The predicted octanol–water partition coefficient (Wildman–Crippen LogP) is 4.56. The average Bonchev–Trinajstić information content (AvgIpc) is 2.67. The summed E-state index contributed by atoms with van der Waals surface area (Å²) in [6, 6.07) is 6.68. The van der Waals surface area contributed by atoms with Gasteiger partial charge in [0.05, 0.1) is 17.3 Å². The van der Waals surface area contributed by atoms with Gasteiger partial charge >= 0.3 is 6.09 Å². The number of nitriles is 1. The summed E-state index contributed by atoms with van der Waals surface area (Å²) in [5.41, 5.74) is 0.492. The van der Waals surface area contributed by atoms with E-state index in [9.17, 15) is 9.18 Å². The molecule has 2 fully saturated rings. The SMILES string of the molecule is CC(C)(C)OC(=O)N1CCC(C2CCN(c3ccc(C#N)cc3F)CC2)CC1. The van der Waals surface area contributed by atoms with E-state index in [1.807, 2.05) is 31.7 Å². The molecule has 0 saturated carbocycles. The zero-order chi connectivity index (χ0) is 20.3. The van der Waals surface area contributed by atoms with E-state index in [0.717, 1.165) is 51.9 Å². The fraction of sp³-hybridized carbons (Fsp3) is 0.636. The zero-order valence-corrected chi connectivity index (χ0v) is 17.1. The molecule has 0 spiro atoms. The monoisotopic (exact) mass is 387 g/mol. The smallest absolute Gasteiger partial charge is 0.410 e. The van der Waals surface area contributed by atoms with Crippen LogP contribution in [0.25, 0.3) is 0 Å². The fourth-order valence-corrected chi connectivity index (χ4v) is 4.32. The molecule has 0 N–H and O–H groups in total. The number of carbonyl (C=O) groups is 1. The lowest BCUT2D eigenvalue weighted by atomic mass is 9.79. The summed E-state index contributed by atoms with van der Waals surface area (Å²) in [4.78, 5) is 16.1. The second-order valence-corrected chi connectivity index (χ2v) is 8.91. The first-order valence-electron chi connectivity index (χ1n) is 10.2. The number of likely N-dealkylation sites (tertiary alicyclic amines) is 1. The number of rotatable bonds is 2. The maximum atomic E-state index is 14.3. The van der Waals surface area contributed by atoms with Crippen molar-refractivity contribution in [3.8, 4) is 6.07 Å². The fourth-order valence-electron chi connectivity index (χ4n) is 4.32. The zero-order valence-electron chi connectivity index (χ0n) is 17.1. The first kappa shape index (κ1) is 20.4. The van der Waals surface area contributed by atoms with Crippen LogP contribution in [-0.4, -0.2) is 42.8 Å². The molecule has 6 heteroatoms. The third-order valence-electron chi connectivity index (χ3n) is 5.82. The Balaban J connectivity index is 1.49. The van der Waals surface area contributed by atoms with E-state index in [2.05, 4.69) is 4.90 Å². The molecule has 0 aromatic heterocycles. The summed E-state index contributed by atoms with van der Waals surface area (Å²) in [6.07, 6.45) is 3.88. The molecule has 2 aliphatic rings. The molecule has 152 valence electrons. The number of halogens is 1. The van der Waals surface area contributed by atoms with Crippen LogP contribution in [0.4, 0.5) is 14.9 Å². The highest BCUT2D eigenvalue weighted by atomic mass is 19.1. The van der Waals surface area contributed by atoms with Crippen molar-refractivity contribution in [3.05, 3.63) is 29.6 Å². The minimum Gasteiger partial charge on any atom is -0.444 e.